The molecule has 126 valence electrons. The number of hydrogen-bond donors (Lipinski definition) is 1. The van der Waals surface area contributed by atoms with Crippen LogP contribution in [-0.4, -0.2) is 57.8 Å². The van der Waals surface area contributed by atoms with E-state index in [0.717, 1.165) is 0 Å². The molecule has 0 aliphatic carbocycles. The van der Waals surface area contributed by atoms with Gasteiger partial charge in [0.1, 0.15) is 18.0 Å². The summed E-state index contributed by atoms with van der Waals surface area (Å²) in [6.07, 6.45) is 3.55. The Balaban J connectivity index is 1.47. The number of benzene rings is 1. The third kappa shape index (κ3) is 4.20. The van der Waals surface area contributed by atoms with Crippen molar-refractivity contribution in [3.63, 3.8) is 0 Å². The van der Waals surface area contributed by atoms with Gasteiger partial charge in [0, 0.05) is 18.9 Å². The highest BCUT2D eigenvalue weighted by Crippen LogP contribution is 2.23. The van der Waals surface area contributed by atoms with E-state index < -0.39 is 5.60 Å². The first kappa shape index (κ1) is 16.2. The predicted molar refractivity (Wildman–Crippen MR) is 85.6 cm³/mol. The van der Waals surface area contributed by atoms with Crippen LogP contribution in [-0.2, 0) is 4.79 Å². The summed E-state index contributed by atoms with van der Waals surface area (Å²) in [6, 6.07) is 11.1. The Labute approximate surface area is 139 Å². The Morgan fingerprint density at radius 2 is 1.92 bits per heavy atom. The van der Waals surface area contributed by atoms with Crippen molar-refractivity contribution in [3.8, 4) is 11.8 Å². The van der Waals surface area contributed by atoms with Crippen LogP contribution in [0.1, 0.15) is 6.42 Å². The number of nitrogens with zero attached hydrogens (tertiary/aromatic N) is 3. The van der Waals surface area contributed by atoms with Gasteiger partial charge in [0.2, 0.25) is 0 Å². The van der Waals surface area contributed by atoms with Crippen molar-refractivity contribution >= 4 is 5.91 Å². The summed E-state index contributed by atoms with van der Waals surface area (Å²) in [7, 11) is 0. The number of likely N-dealkylation sites (tertiary alicyclic amines) is 1. The van der Waals surface area contributed by atoms with E-state index in [1.165, 1.54) is 0 Å². The van der Waals surface area contributed by atoms with Crippen LogP contribution in [0.4, 0.5) is 0 Å². The molecule has 24 heavy (non-hydrogen) atoms. The van der Waals surface area contributed by atoms with Gasteiger partial charge in [0.15, 0.2) is 6.61 Å². The van der Waals surface area contributed by atoms with Crippen LogP contribution in [0.2, 0.25) is 0 Å². The summed E-state index contributed by atoms with van der Waals surface area (Å²) in [5.41, 5.74) is -1.05. The van der Waals surface area contributed by atoms with Crippen LogP contribution < -0.4 is 9.47 Å². The zero-order valence-electron chi connectivity index (χ0n) is 13.2. The van der Waals surface area contributed by atoms with E-state index in [2.05, 4.69) is 9.97 Å². The van der Waals surface area contributed by atoms with E-state index >= 15 is 0 Å². The highest BCUT2D eigenvalue weighted by atomic mass is 16.5. The number of para-hydroxylation sites is 1. The molecule has 1 aliphatic heterocycles. The molecule has 0 bridgehead atoms. The smallest absolute Gasteiger partial charge is 0.316 e. The molecule has 2 aromatic rings. The fourth-order valence-electron chi connectivity index (χ4n) is 2.50. The number of rotatable bonds is 6. The first-order valence-electron chi connectivity index (χ1n) is 7.72. The van der Waals surface area contributed by atoms with Crippen LogP contribution in [0.5, 0.6) is 11.8 Å². The third-order valence-corrected chi connectivity index (χ3v) is 3.80. The van der Waals surface area contributed by atoms with Gasteiger partial charge in [-0.2, -0.15) is 0 Å². The second-order valence-electron chi connectivity index (χ2n) is 5.71. The van der Waals surface area contributed by atoms with Crippen molar-refractivity contribution < 1.29 is 19.4 Å². The molecule has 7 heteroatoms. The molecule has 1 N–H and O–H groups in total. The maximum absolute atomic E-state index is 12.2. The van der Waals surface area contributed by atoms with E-state index in [9.17, 15) is 9.90 Å². The van der Waals surface area contributed by atoms with Crippen molar-refractivity contribution in [2.24, 2.45) is 0 Å². The molecular formula is C17H19N3O4. The van der Waals surface area contributed by atoms with Crippen molar-refractivity contribution in [2.45, 2.75) is 12.0 Å². The molecule has 1 aromatic carbocycles. The standard InChI is InChI=1S/C17H19N3O4/c21-15(11-23-16-18-8-4-9-19-16)20-10-7-17(22,12-20)13-24-14-5-2-1-3-6-14/h1-6,8-9,22H,7,10-13H2. The van der Waals surface area contributed by atoms with E-state index in [-0.39, 0.29) is 31.7 Å². The minimum absolute atomic E-state index is 0.142. The van der Waals surface area contributed by atoms with Crippen LogP contribution in [0.25, 0.3) is 0 Å². The molecule has 1 aromatic heterocycles. The fourth-order valence-corrected chi connectivity index (χ4v) is 2.50. The zero-order chi connectivity index (χ0) is 16.8. The molecule has 1 aliphatic rings. The molecule has 3 rings (SSSR count). The Hall–Kier alpha value is -2.67. The summed E-state index contributed by atoms with van der Waals surface area (Å²) in [6.45, 7) is 0.674. The Morgan fingerprint density at radius 3 is 2.67 bits per heavy atom. The minimum Gasteiger partial charge on any atom is -0.491 e. The Kier molecular flexibility index (Phi) is 4.90. The molecule has 2 heterocycles. The normalized spacial score (nSPS) is 20.0. The lowest BCUT2D eigenvalue weighted by Gasteiger charge is -2.23. The van der Waals surface area contributed by atoms with Gasteiger partial charge in [0.25, 0.3) is 5.91 Å². The molecule has 1 amide bonds. The number of amides is 1. The van der Waals surface area contributed by atoms with Gasteiger partial charge in [-0.25, -0.2) is 9.97 Å². The molecule has 0 radical (unpaired) electrons. The van der Waals surface area contributed by atoms with E-state index in [4.69, 9.17) is 9.47 Å². The number of carbonyl (C=O) groups is 1. The first-order valence-corrected chi connectivity index (χ1v) is 7.72. The quantitative estimate of drug-likeness (QED) is 0.847. The van der Waals surface area contributed by atoms with Crippen LogP contribution >= 0.6 is 0 Å². The average molecular weight is 329 g/mol. The summed E-state index contributed by atoms with van der Waals surface area (Å²) in [5.74, 6) is 0.485. The number of ether oxygens (including phenoxy) is 2. The predicted octanol–water partition coefficient (Wildman–Crippen LogP) is 0.898. The zero-order valence-corrected chi connectivity index (χ0v) is 13.2. The maximum Gasteiger partial charge on any atom is 0.316 e. The molecule has 7 nitrogen and oxygen atoms in total. The minimum atomic E-state index is -1.05. The van der Waals surface area contributed by atoms with E-state index in [1.54, 1.807) is 23.4 Å². The second kappa shape index (κ2) is 7.27. The Morgan fingerprint density at radius 1 is 1.17 bits per heavy atom. The molecular weight excluding hydrogens is 310 g/mol. The van der Waals surface area contributed by atoms with Crippen LogP contribution in [0, 0.1) is 0 Å². The van der Waals surface area contributed by atoms with E-state index in [1.807, 2.05) is 30.3 Å². The van der Waals surface area contributed by atoms with Gasteiger partial charge in [0.05, 0.1) is 6.54 Å². The highest BCUT2D eigenvalue weighted by Gasteiger charge is 2.39. The second-order valence-corrected chi connectivity index (χ2v) is 5.71. The molecule has 1 unspecified atom stereocenters. The first-order chi connectivity index (χ1) is 11.6. The molecule has 1 saturated heterocycles. The van der Waals surface area contributed by atoms with Crippen molar-refractivity contribution in [3.05, 3.63) is 48.8 Å². The number of β-amino-alcohol motifs (C(OH)–C–C–N with tert-alkyl or cyclic N) is 1. The number of carbonyl (C=O) groups excluding carboxylic acids is 1. The summed E-state index contributed by atoms with van der Waals surface area (Å²) in [5, 5.41) is 10.6. The van der Waals surface area contributed by atoms with Gasteiger partial charge in [-0.3, -0.25) is 4.79 Å². The lowest BCUT2D eigenvalue weighted by molar-refractivity contribution is -0.133. The molecule has 0 saturated carbocycles. The van der Waals surface area contributed by atoms with E-state index in [0.29, 0.717) is 18.7 Å². The summed E-state index contributed by atoms with van der Waals surface area (Å²) < 4.78 is 10.9. The lowest BCUT2D eigenvalue weighted by Crippen LogP contribution is -2.41. The van der Waals surface area contributed by atoms with Crippen molar-refractivity contribution in [1.82, 2.24) is 14.9 Å². The van der Waals surface area contributed by atoms with Crippen LogP contribution in [0.15, 0.2) is 48.8 Å². The van der Waals surface area contributed by atoms with Crippen LogP contribution in [0.3, 0.4) is 0 Å². The van der Waals surface area contributed by atoms with Crippen molar-refractivity contribution in [2.75, 3.05) is 26.3 Å². The van der Waals surface area contributed by atoms with Gasteiger partial charge in [-0.15, -0.1) is 0 Å². The lowest BCUT2D eigenvalue weighted by atomic mass is 10.1. The molecule has 0 spiro atoms. The highest BCUT2D eigenvalue weighted by molar-refractivity contribution is 5.78. The molecule has 1 atom stereocenters. The average Bonchev–Trinajstić information content (AvgIpc) is 3.03. The van der Waals surface area contributed by atoms with Gasteiger partial charge < -0.3 is 19.5 Å². The van der Waals surface area contributed by atoms with Crippen molar-refractivity contribution in [1.29, 1.82) is 0 Å². The Bertz CT molecular complexity index is 668. The fraction of sp³-hybridized carbons (Fsp3) is 0.353. The monoisotopic (exact) mass is 329 g/mol. The van der Waals surface area contributed by atoms with Gasteiger partial charge in [-0.1, -0.05) is 18.2 Å². The maximum atomic E-state index is 12.2. The summed E-state index contributed by atoms with van der Waals surface area (Å²) in [4.78, 5) is 21.5. The molecule has 1 fully saturated rings. The topological polar surface area (TPSA) is 84.8 Å². The largest absolute Gasteiger partial charge is 0.491 e. The van der Waals surface area contributed by atoms with Gasteiger partial charge in [-0.05, 0) is 24.6 Å². The summed E-state index contributed by atoms with van der Waals surface area (Å²) >= 11 is 0. The number of aromatic nitrogens is 2. The third-order valence-electron chi connectivity index (χ3n) is 3.80. The number of aliphatic hydroxyl groups is 1. The van der Waals surface area contributed by atoms with Gasteiger partial charge >= 0.3 is 6.01 Å². The number of hydrogen-bond acceptors (Lipinski definition) is 6. The SMILES string of the molecule is O=C(COc1ncccn1)N1CCC(O)(COc2ccccc2)C1.